The largest absolute Gasteiger partial charge is 0.379 e. The van der Waals surface area contributed by atoms with Gasteiger partial charge in [-0.1, -0.05) is 42.0 Å². The van der Waals surface area contributed by atoms with Gasteiger partial charge in [0.15, 0.2) is 0 Å². The van der Waals surface area contributed by atoms with Crippen LogP contribution in [0.5, 0.6) is 0 Å². The van der Waals surface area contributed by atoms with Crippen LogP contribution in [-0.4, -0.2) is 82.8 Å². The fourth-order valence-corrected chi connectivity index (χ4v) is 5.08. The number of carbonyl (C=O) groups excluding carboxylic acids is 2. The Bertz CT molecular complexity index is 1350. The molecule has 1 atom stereocenters. The first-order valence-electron chi connectivity index (χ1n) is 13.3. The Balaban J connectivity index is 1.41. The van der Waals surface area contributed by atoms with Crippen LogP contribution in [0.4, 0.5) is 4.39 Å². The third kappa shape index (κ3) is 6.10. The molecule has 0 bridgehead atoms. The van der Waals surface area contributed by atoms with Gasteiger partial charge in [0.25, 0.3) is 11.8 Å². The van der Waals surface area contributed by atoms with Crippen molar-refractivity contribution >= 4 is 17.5 Å². The van der Waals surface area contributed by atoms with Gasteiger partial charge >= 0.3 is 0 Å². The molecule has 9 heteroatoms. The maximum absolute atomic E-state index is 14.6. The molecule has 8 nitrogen and oxygen atoms in total. The number of carbonyl (C=O) groups is 2. The summed E-state index contributed by atoms with van der Waals surface area (Å²) < 4.78 is 22.0. The number of morpholine rings is 1. The second kappa shape index (κ2) is 11.9. The smallest absolute Gasteiger partial charge is 0.262 e. The molecule has 2 aliphatic heterocycles. The van der Waals surface area contributed by atoms with Crippen molar-refractivity contribution in [3.8, 4) is 0 Å². The van der Waals surface area contributed by atoms with Crippen molar-refractivity contribution in [1.82, 2.24) is 19.4 Å². The summed E-state index contributed by atoms with van der Waals surface area (Å²) in [7, 11) is 1.95. The zero-order chi connectivity index (χ0) is 27.4. The molecular weight excluding hydrogens is 497 g/mol. The standard InChI is InChI=1S/C30H34FN5O3/c1-22-9-11-23(12-10-22)28-20-26(27-8-5-13-33(27)2)32-36(28)29(37)21-35(15-14-34-16-18-39-19-17-34)30(38)24-6-3-4-7-25(24)31/h3-13,28H,14-21H2,1-2H3. The minimum atomic E-state index is -0.603. The molecule has 5 rings (SSSR count). The zero-order valence-electron chi connectivity index (χ0n) is 22.4. The van der Waals surface area contributed by atoms with Crippen molar-refractivity contribution in [3.63, 3.8) is 0 Å². The molecule has 2 aliphatic rings. The number of hydrogen-bond acceptors (Lipinski definition) is 5. The fraction of sp³-hybridized carbons (Fsp3) is 0.367. The van der Waals surface area contributed by atoms with Gasteiger partial charge in [0.05, 0.1) is 36.2 Å². The summed E-state index contributed by atoms with van der Waals surface area (Å²) in [5.74, 6) is -1.42. The van der Waals surface area contributed by atoms with E-state index in [-0.39, 0.29) is 30.6 Å². The molecule has 2 aromatic carbocycles. The third-order valence-electron chi connectivity index (χ3n) is 7.37. The number of halogens is 1. The van der Waals surface area contributed by atoms with E-state index in [9.17, 15) is 14.0 Å². The molecule has 2 amide bonds. The molecule has 0 aliphatic carbocycles. The fourth-order valence-electron chi connectivity index (χ4n) is 5.08. The van der Waals surface area contributed by atoms with Gasteiger partial charge in [0, 0.05) is 45.8 Å². The number of hydrogen-bond donors (Lipinski definition) is 0. The van der Waals surface area contributed by atoms with E-state index in [1.807, 2.05) is 61.1 Å². The highest BCUT2D eigenvalue weighted by atomic mass is 19.1. The van der Waals surface area contributed by atoms with Crippen LogP contribution in [0.1, 0.15) is 39.6 Å². The molecule has 1 fully saturated rings. The lowest BCUT2D eigenvalue weighted by Crippen LogP contribution is -2.46. The highest BCUT2D eigenvalue weighted by Gasteiger charge is 2.35. The summed E-state index contributed by atoms with van der Waals surface area (Å²) in [6.45, 7) is 5.43. The van der Waals surface area contributed by atoms with Crippen LogP contribution in [0, 0.1) is 12.7 Å². The maximum atomic E-state index is 14.6. The first-order chi connectivity index (χ1) is 18.9. The summed E-state index contributed by atoms with van der Waals surface area (Å²) >= 11 is 0. The Hall–Kier alpha value is -3.82. The van der Waals surface area contributed by atoms with E-state index in [2.05, 4.69) is 4.90 Å². The first-order valence-corrected chi connectivity index (χ1v) is 13.3. The molecule has 3 heterocycles. The lowest BCUT2D eigenvalue weighted by molar-refractivity contribution is -0.133. The Morgan fingerprint density at radius 2 is 1.79 bits per heavy atom. The molecular formula is C30H34FN5O3. The number of ether oxygens (including phenoxy) is 1. The highest BCUT2D eigenvalue weighted by Crippen LogP contribution is 2.33. The maximum Gasteiger partial charge on any atom is 0.262 e. The van der Waals surface area contributed by atoms with Crippen molar-refractivity contribution in [2.45, 2.75) is 19.4 Å². The van der Waals surface area contributed by atoms with Gasteiger partial charge in [-0.3, -0.25) is 14.5 Å². The van der Waals surface area contributed by atoms with E-state index in [0.29, 0.717) is 26.2 Å². The van der Waals surface area contributed by atoms with Crippen LogP contribution in [0.3, 0.4) is 0 Å². The van der Waals surface area contributed by atoms with Crippen molar-refractivity contribution in [1.29, 1.82) is 0 Å². The lowest BCUT2D eigenvalue weighted by Gasteiger charge is -2.31. The van der Waals surface area contributed by atoms with Gasteiger partial charge in [-0.2, -0.15) is 5.10 Å². The Morgan fingerprint density at radius 1 is 1.05 bits per heavy atom. The number of hydrazone groups is 1. The van der Waals surface area contributed by atoms with Crippen molar-refractivity contribution in [2.75, 3.05) is 45.9 Å². The third-order valence-corrected chi connectivity index (χ3v) is 7.37. The van der Waals surface area contributed by atoms with Crippen molar-refractivity contribution in [2.24, 2.45) is 12.1 Å². The molecule has 1 unspecified atom stereocenters. The van der Waals surface area contributed by atoms with Gasteiger partial charge in [-0.25, -0.2) is 9.40 Å². The normalized spacial score (nSPS) is 17.8. The summed E-state index contributed by atoms with van der Waals surface area (Å²) in [6, 6.07) is 17.6. The molecule has 204 valence electrons. The molecule has 1 saturated heterocycles. The predicted molar refractivity (Wildman–Crippen MR) is 147 cm³/mol. The van der Waals surface area contributed by atoms with E-state index in [1.54, 1.807) is 12.1 Å². The quantitative estimate of drug-likeness (QED) is 0.445. The Kier molecular flexibility index (Phi) is 8.18. The van der Waals surface area contributed by atoms with E-state index in [1.165, 1.54) is 22.0 Å². The second-order valence-electron chi connectivity index (χ2n) is 10.1. The monoisotopic (exact) mass is 531 g/mol. The Labute approximate surface area is 228 Å². The van der Waals surface area contributed by atoms with Gasteiger partial charge < -0.3 is 14.2 Å². The van der Waals surface area contributed by atoms with Gasteiger partial charge in [-0.05, 0) is 36.8 Å². The Morgan fingerprint density at radius 3 is 2.49 bits per heavy atom. The van der Waals surface area contributed by atoms with Gasteiger partial charge in [-0.15, -0.1) is 0 Å². The van der Waals surface area contributed by atoms with E-state index < -0.39 is 11.7 Å². The number of aromatic nitrogens is 1. The highest BCUT2D eigenvalue weighted by molar-refractivity contribution is 6.02. The zero-order valence-corrected chi connectivity index (χ0v) is 22.4. The van der Waals surface area contributed by atoms with Crippen molar-refractivity contribution in [3.05, 3.63) is 95.1 Å². The molecule has 39 heavy (non-hydrogen) atoms. The average Bonchev–Trinajstić information content (AvgIpc) is 3.58. The van der Waals surface area contributed by atoms with E-state index >= 15 is 0 Å². The minimum Gasteiger partial charge on any atom is -0.379 e. The topological polar surface area (TPSA) is 70.4 Å². The van der Waals surface area contributed by atoms with Crippen LogP contribution in [0.15, 0.2) is 72.0 Å². The molecule has 1 aromatic heterocycles. The van der Waals surface area contributed by atoms with Crippen LogP contribution in [-0.2, 0) is 16.6 Å². The van der Waals surface area contributed by atoms with Crippen LogP contribution >= 0.6 is 0 Å². The van der Waals surface area contributed by atoms with Gasteiger partial charge in [0.2, 0.25) is 0 Å². The SMILES string of the molecule is Cc1ccc(C2CC(c3cccn3C)=NN2C(=O)CN(CCN2CCOCC2)C(=O)c2ccccc2F)cc1. The van der Waals surface area contributed by atoms with Crippen LogP contribution in [0.2, 0.25) is 0 Å². The molecule has 0 radical (unpaired) electrons. The summed E-state index contributed by atoms with van der Waals surface area (Å²) in [5, 5.41) is 6.27. The van der Waals surface area contributed by atoms with Crippen LogP contribution < -0.4 is 0 Å². The molecule has 0 N–H and O–H groups in total. The lowest BCUT2D eigenvalue weighted by atomic mass is 9.99. The van der Waals surface area contributed by atoms with Gasteiger partial charge in [0.1, 0.15) is 12.4 Å². The first kappa shape index (κ1) is 26.8. The second-order valence-corrected chi connectivity index (χ2v) is 10.1. The molecule has 3 aromatic rings. The number of benzene rings is 2. The summed E-state index contributed by atoms with van der Waals surface area (Å²) in [6.07, 6.45) is 2.51. The van der Waals surface area contributed by atoms with Crippen molar-refractivity contribution < 1.29 is 18.7 Å². The average molecular weight is 532 g/mol. The number of amides is 2. The number of nitrogens with zero attached hydrogens (tertiary/aromatic N) is 5. The number of aryl methyl sites for hydroxylation is 2. The number of rotatable bonds is 8. The summed E-state index contributed by atoms with van der Waals surface area (Å²) in [5.41, 5.74) is 3.80. The molecule has 0 saturated carbocycles. The summed E-state index contributed by atoms with van der Waals surface area (Å²) in [4.78, 5) is 31.0. The predicted octanol–water partition coefficient (Wildman–Crippen LogP) is 3.62. The van der Waals surface area contributed by atoms with E-state index in [0.717, 1.165) is 35.6 Å². The van der Waals surface area contributed by atoms with Crippen LogP contribution in [0.25, 0.3) is 0 Å². The molecule has 0 spiro atoms. The minimum absolute atomic E-state index is 0.0446. The van der Waals surface area contributed by atoms with E-state index in [4.69, 9.17) is 9.84 Å².